The standard InChI is InChI=1S/C17H16BrNO2/c1-3-8-21-17-7-4-14(18)10-13(17)11-19-16-6-5-15(20)9-12(16)2/h1,4-7,9-10,19-20H,8,11H2,2H3. The van der Waals surface area contributed by atoms with Crippen molar-refractivity contribution in [3.8, 4) is 23.8 Å². The van der Waals surface area contributed by atoms with Crippen molar-refractivity contribution in [2.75, 3.05) is 11.9 Å². The predicted octanol–water partition coefficient (Wildman–Crippen LogP) is 4.09. The van der Waals surface area contributed by atoms with Crippen LogP contribution in [0.4, 0.5) is 5.69 Å². The van der Waals surface area contributed by atoms with Crippen LogP contribution in [0.2, 0.25) is 0 Å². The Balaban J connectivity index is 2.15. The second-order valence-corrected chi connectivity index (χ2v) is 5.51. The number of aromatic hydroxyl groups is 1. The number of hydrogen-bond donors (Lipinski definition) is 2. The molecule has 0 aliphatic carbocycles. The summed E-state index contributed by atoms with van der Waals surface area (Å²) in [6.45, 7) is 2.79. The number of anilines is 1. The van der Waals surface area contributed by atoms with Gasteiger partial charge in [0.25, 0.3) is 0 Å². The molecule has 108 valence electrons. The van der Waals surface area contributed by atoms with E-state index >= 15 is 0 Å². The van der Waals surface area contributed by atoms with Crippen LogP contribution in [0.25, 0.3) is 0 Å². The summed E-state index contributed by atoms with van der Waals surface area (Å²) < 4.78 is 6.52. The Morgan fingerprint density at radius 1 is 1.29 bits per heavy atom. The zero-order valence-corrected chi connectivity index (χ0v) is 13.3. The minimum Gasteiger partial charge on any atom is -0.508 e. The van der Waals surface area contributed by atoms with Gasteiger partial charge >= 0.3 is 0 Å². The number of benzene rings is 2. The van der Waals surface area contributed by atoms with Crippen LogP contribution in [0.3, 0.4) is 0 Å². The normalized spacial score (nSPS) is 9.95. The average Bonchev–Trinajstić information content (AvgIpc) is 2.45. The third-order valence-electron chi connectivity index (χ3n) is 3.01. The van der Waals surface area contributed by atoms with E-state index in [0.29, 0.717) is 6.54 Å². The first-order chi connectivity index (χ1) is 10.1. The molecule has 0 bridgehead atoms. The number of terminal acetylenes is 1. The van der Waals surface area contributed by atoms with E-state index in [1.165, 1.54) is 0 Å². The third-order valence-corrected chi connectivity index (χ3v) is 3.51. The van der Waals surface area contributed by atoms with Crippen molar-refractivity contribution in [1.29, 1.82) is 0 Å². The molecule has 0 saturated heterocycles. The van der Waals surface area contributed by atoms with Crippen LogP contribution in [0.15, 0.2) is 40.9 Å². The highest BCUT2D eigenvalue weighted by molar-refractivity contribution is 9.10. The Kier molecular flexibility index (Phi) is 5.13. The second kappa shape index (κ2) is 7.05. The van der Waals surface area contributed by atoms with Crippen molar-refractivity contribution < 1.29 is 9.84 Å². The largest absolute Gasteiger partial charge is 0.508 e. The maximum absolute atomic E-state index is 9.43. The fourth-order valence-corrected chi connectivity index (χ4v) is 2.39. The molecular weight excluding hydrogens is 330 g/mol. The summed E-state index contributed by atoms with van der Waals surface area (Å²) in [4.78, 5) is 0. The van der Waals surface area contributed by atoms with Crippen molar-refractivity contribution >= 4 is 21.6 Å². The van der Waals surface area contributed by atoms with Gasteiger partial charge in [-0.2, -0.15) is 0 Å². The van der Waals surface area contributed by atoms with Gasteiger partial charge < -0.3 is 15.2 Å². The highest BCUT2D eigenvalue weighted by atomic mass is 79.9. The van der Waals surface area contributed by atoms with Gasteiger partial charge in [-0.05, 0) is 48.9 Å². The van der Waals surface area contributed by atoms with Gasteiger partial charge in [0.15, 0.2) is 0 Å². The molecule has 0 atom stereocenters. The maximum Gasteiger partial charge on any atom is 0.148 e. The lowest BCUT2D eigenvalue weighted by Crippen LogP contribution is -2.04. The topological polar surface area (TPSA) is 41.5 Å². The van der Waals surface area contributed by atoms with Crippen LogP contribution in [0, 0.1) is 19.3 Å². The van der Waals surface area contributed by atoms with Crippen molar-refractivity contribution in [2.24, 2.45) is 0 Å². The molecule has 0 saturated carbocycles. The van der Waals surface area contributed by atoms with Crippen LogP contribution in [0.1, 0.15) is 11.1 Å². The van der Waals surface area contributed by atoms with Crippen molar-refractivity contribution in [1.82, 2.24) is 0 Å². The summed E-state index contributed by atoms with van der Waals surface area (Å²) in [6, 6.07) is 11.0. The first kappa shape index (κ1) is 15.3. The van der Waals surface area contributed by atoms with E-state index in [1.807, 2.05) is 31.2 Å². The molecule has 0 aromatic heterocycles. The van der Waals surface area contributed by atoms with Gasteiger partial charge in [-0.1, -0.05) is 21.9 Å². The lowest BCUT2D eigenvalue weighted by atomic mass is 10.1. The number of phenolic OH excluding ortho intramolecular Hbond substituents is 1. The summed E-state index contributed by atoms with van der Waals surface area (Å²) in [5, 5.41) is 12.8. The summed E-state index contributed by atoms with van der Waals surface area (Å²) in [5.41, 5.74) is 2.96. The van der Waals surface area contributed by atoms with E-state index in [4.69, 9.17) is 11.2 Å². The van der Waals surface area contributed by atoms with Gasteiger partial charge in [0.05, 0.1) is 0 Å². The number of rotatable bonds is 5. The van der Waals surface area contributed by atoms with E-state index in [1.54, 1.807) is 12.1 Å². The van der Waals surface area contributed by atoms with Crippen LogP contribution in [-0.4, -0.2) is 11.7 Å². The third kappa shape index (κ3) is 4.17. The van der Waals surface area contributed by atoms with E-state index < -0.39 is 0 Å². The first-order valence-corrected chi connectivity index (χ1v) is 7.27. The second-order valence-electron chi connectivity index (χ2n) is 4.60. The molecule has 0 heterocycles. The molecule has 21 heavy (non-hydrogen) atoms. The van der Waals surface area contributed by atoms with E-state index in [-0.39, 0.29) is 12.4 Å². The molecule has 0 radical (unpaired) electrons. The van der Waals surface area contributed by atoms with Crippen LogP contribution in [0.5, 0.6) is 11.5 Å². The molecule has 2 aromatic rings. The zero-order chi connectivity index (χ0) is 15.2. The molecule has 2 N–H and O–H groups in total. The number of hydrogen-bond acceptors (Lipinski definition) is 3. The fourth-order valence-electron chi connectivity index (χ4n) is 1.98. The molecule has 0 unspecified atom stereocenters. The summed E-state index contributed by atoms with van der Waals surface area (Å²) in [6.07, 6.45) is 5.23. The Morgan fingerprint density at radius 3 is 2.81 bits per heavy atom. The Morgan fingerprint density at radius 2 is 2.10 bits per heavy atom. The molecule has 0 aliphatic rings. The predicted molar refractivity (Wildman–Crippen MR) is 88.6 cm³/mol. The molecule has 3 nitrogen and oxygen atoms in total. The molecule has 0 fully saturated rings. The van der Waals surface area contributed by atoms with Gasteiger partial charge in [0.1, 0.15) is 18.1 Å². The molecule has 2 aromatic carbocycles. The van der Waals surface area contributed by atoms with Crippen LogP contribution < -0.4 is 10.1 Å². The minimum absolute atomic E-state index is 0.243. The highest BCUT2D eigenvalue weighted by Crippen LogP contribution is 2.26. The Labute approximate surface area is 133 Å². The molecule has 4 heteroatoms. The quantitative estimate of drug-likeness (QED) is 0.633. The van der Waals surface area contributed by atoms with E-state index in [9.17, 15) is 5.11 Å². The molecule has 0 spiro atoms. The van der Waals surface area contributed by atoms with Gasteiger partial charge in [0, 0.05) is 22.3 Å². The zero-order valence-electron chi connectivity index (χ0n) is 11.7. The van der Waals surface area contributed by atoms with E-state index in [0.717, 1.165) is 27.0 Å². The summed E-state index contributed by atoms with van der Waals surface area (Å²) >= 11 is 3.46. The van der Waals surface area contributed by atoms with Crippen LogP contribution in [-0.2, 0) is 6.54 Å². The monoisotopic (exact) mass is 345 g/mol. The van der Waals surface area contributed by atoms with E-state index in [2.05, 4.69) is 27.2 Å². The maximum atomic E-state index is 9.43. The number of phenols is 1. The van der Waals surface area contributed by atoms with Gasteiger partial charge in [-0.25, -0.2) is 0 Å². The molecule has 0 amide bonds. The number of ether oxygens (including phenoxy) is 1. The molecule has 0 aliphatic heterocycles. The number of halogens is 1. The van der Waals surface area contributed by atoms with Gasteiger partial charge in [0.2, 0.25) is 0 Å². The van der Waals surface area contributed by atoms with Gasteiger partial charge in [-0.3, -0.25) is 0 Å². The van der Waals surface area contributed by atoms with Crippen molar-refractivity contribution in [3.05, 3.63) is 52.0 Å². The number of nitrogens with one attached hydrogen (secondary N) is 1. The first-order valence-electron chi connectivity index (χ1n) is 6.48. The number of aryl methyl sites for hydroxylation is 1. The van der Waals surface area contributed by atoms with Crippen LogP contribution >= 0.6 is 15.9 Å². The minimum atomic E-state index is 0.243. The Bertz CT molecular complexity index is 677. The summed E-state index contributed by atoms with van der Waals surface area (Å²) in [5.74, 6) is 3.49. The Hall–Kier alpha value is -2.12. The SMILES string of the molecule is C#CCOc1ccc(Br)cc1CNc1ccc(O)cc1C. The lowest BCUT2D eigenvalue weighted by molar-refractivity contribution is 0.366. The summed E-state index contributed by atoms with van der Waals surface area (Å²) in [7, 11) is 0. The fraction of sp³-hybridized carbons (Fsp3) is 0.176. The molecule has 2 rings (SSSR count). The van der Waals surface area contributed by atoms with Crippen molar-refractivity contribution in [2.45, 2.75) is 13.5 Å². The van der Waals surface area contributed by atoms with Crippen molar-refractivity contribution in [3.63, 3.8) is 0 Å². The smallest absolute Gasteiger partial charge is 0.148 e. The van der Waals surface area contributed by atoms with Gasteiger partial charge in [-0.15, -0.1) is 6.42 Å². The lowest BCUT2D eigenvalue weighted by Gasteiger charge is -2.13. The average molecular weight is 346 g/mol. The highest BCUT2D eigenvalue weighted by Gasteiger charge is 2.06. The molecular formula is C17H16BrNO2.